The molecule has 1 aliphatic rings. The second kappa shape index (κ2) is 14.1. The Kier molecular flexibility index (Phi) is 11.6. The van der Waals surface area contributed by atoms with Crippen molar-refractivity contribution in [3.63, 3.8) is 0 Å². The van der Waals surface area contributed by atoms with E-state index in [1.54, 1.807) is 0 Å². The van der Waals surface area contributed by atoms with Gasteiger partial charge in [0.1, 0.15) is 0 Å². The van der Waals surface area contributed by atoms with Crippen LogP contribution in [0.4, 0.5) is 5.69 Å². The topological polar surface area (TPSA) is 161 Å². The first-order chi connectivity index (χ1) is 17.4. The molecule has 0 saturated carbocycles. The zero-order valence-electron chi connectivity index (χ0n) is 21.3. The second-order valence-electron chi connectivity index (χ2n) is 9.89. The molecule has 0 aliphatic carbocycles. The van der Waals surface area contributed by atoms with Crippen LogP contribution >= 0.6 is 11.6 Å². The number of benzene rings is 1. The summed E-state index contributed by atoms with van der Waals surface area (Å²) in [7, 11) is 0. The van der Waals surface area contributed by atoms with Gasteiger partial charge in [-0.25, -0.2) is 14.6 Å². The molecule has 0 fully saturated rings. The molecule has 10 nitrogen and oxygen atoms in total. The van der Waals surface area contributed by atoms with Gasteiger partial charge in [-0.3, -0.25) is 0 Å². The summed E-state index contributed by atoms with van der Waals surface area (Å²) in [6.07, 6.45) is 0.386. The van der Waals surface area contributed by atoms with Gasteiger partial charge >= 0.3 is 11.9 Å². The number of nitrogens with one attached hydrogen (secondary N) is 2. The van der Waals surface area contributed by atoms with E-state index in [2.05, 4.69) is 48.5 Å². The minimum Gasteiger partial charge on any atom is -0.479 e. The lowest BCUT2D eigenvalue weighted by Gasteiger charge is -2.18. The Labute approximate surface area is 221 Å². The number of hydrogen-bond acceptors (Lipinski definition) is 8. The van der Waals surface area contributed by atoms with Crippen molar-refractivity contribution in [2.75, 3.05) is 25.0 Å². The van der Waals surface area contributed by atoms with Crippen LogP contribution in [0.2, 0.25) is 5.02 Å². The third-order valence-corrected chi connectivity index (χ3v) is 5.97. The van der Waals surface area contributed by atoms with E-state index in [1.807, 2.05) is 18.3 Å². The maximum atomic E-state index is 9.77. The van der Waals surface area contributed by atoms with Gasteiger partial charge in [0.15, 0.2) is 12.2 Å². The molecule has 37 heavy (non-hydrogen) atoms. The van der Waals surface area contributed by atoms with E-state index in [0.717, 1.165) is 48.6 Å². The highest BCUT2D eigenvalue weighted by atomic mass is 35.5. The minimum absolute atomic E-state index is 0.270. The number of aromatic nitrogens is 1. The van der Waals surface area contributed by atoms with E-state index in [9.17, 15) is 9.59 Å². The summed E-state index contributed by atoms with van der Waals surface area (Å²) in [6, 6.07) is 8.15. The third kappa shape index (κ3) is 10.2. The summed E-state index contributed by atoms with van der Waals surface area (Å²) >= 11 is 6.48. The smallest absolute Gasteiger partial charge is 0.335 e. The molecule has 11 heteroatoms. The molecule has 2 atom stereocenters. The number of fused-ring (bicyclic) bond motifs is 1. The number of aliphatic hydroxyl groups is 2. The van der Waals surface area contributed by atoms with Gasteiger partial charge in [0.05, 0.1) is 17.3 Å². The number of ether oxygens (including phenoxy) is 1. The zero-order valence-corrected chi connectivity index (χ0v) is 22.1. The van der Waals surface area contributed by atoms with Crippen molar-refractivity contribution >= 4 is 29.2 Å². The van der Waals surface area contributed by atoms with Crippen LogP contribution < -0.4 is 15.4 Å². The SMILES string of the molecule is CC(C)(C)CCOc1ccc(CNc2c(Cl)ccc3c2CCNCC3)cn1.O=C(O)[C@H](O)[C@@H](O)C(=O)O. The number of aliphatic hydroxyl groups excluding tert-OH is 2. The van der Waals surface area contributed by atoms with Gasteiger partial charge in [-0.05, 0) is 60.5 Å². The van der Waals surface area contributed by atoms with Gasteiger partial charge in [-0.15, -0.1) is 0 Å². The second-order valence-corrected chi connectivity index (χ2v) is 10.3. The van der Waals surface area contributed by atoms with Gasteiger partial charge in [0.2, 0.25) is 5.88 Å². The standard InChI is InChI=1S/C22H30ClN3O.C4H6O6/c1-22(2,3)10-13-27-20-7-4-16(14-25-20)15-26-21-18-9-12-24-11-8-17(18)5-6-19(21)23;5-1(3(7)8)2(6)4(9)10/h4-7,14,24,26H,8-13,15H2,1-3H3;1-2,5-6H,(H,7,8)(H,9,10)/t;1-,2-/m.1/s1. The van der Waals surface area contributed by atoms with Gasteiger partial charge in [-0.2, -0.15) is 0 Å². The molecule has 1 aromatic heterocycles. The number of carbonyl (C=O) groups is 2. The fourth-order valence-electron chi connectivity index (χ4n) is 3.46. The van der Waals surface area contributed by atoms with Crippen LogP contribution in [0.15, 0.2) is 30.5 Å². The van der Waals surface area contributed by atoms with Gasteiger partial charge < -0.3 is 35.8 Å². The van der Waals surface area contributed by atoms with Gasteiger partial charge in [-0.1, -0.05) is 44.5 Å². The Morgan fingerprint density at radius 3 is 2.30 bits per heavy atom. The molecule has 0 spiro atoms. The van der Waals surface area contributed by atoms with Crippen molar-refractivity contribution in [3.8, 4) is 5.88 Å². The number of nitrogens with zero attached hydrogens (tertiary/aromatic N) is 1. The van der Waals surface area contributed by atoms with Crippen LogP contribution in [-0.2, 0) is 29.0 Å². The summed E-state index contributed by atoms with van der Waals surface area (Å²) in [5.74, 6) is -2.86. The molecule has 0 saturated heterocycles. The lowest BCUT2D eigenvalue weighted by Crippen LogP contribution is -2.39. The van der Waals surface area contributed by atoms with Gasteiger partial charge in [0.25, 0.3) is 0 Å². The van der Waals surface area contributed by atoms with Crippen molar-refractivity contribution in [1.82, 2.24) is 10.3 Å². The lowest BCUT2D eigenvalue weighted by molar-refractivity contribution is -0.165. The molecule has 0 radical (unpaired) electrons. The summed E-state index contributed by atoms with van der Waals surface area (Å²) in [5.41, 5.74) is 5.16. The number of pyridine rings is 1. The molecular formula is C26H36ClN3O7. The molecule has 2 aromatic rings. The lowest BCUT2D eigenvalue weighted by atomic mass is 9.93. The molecule has 0 amide bonds. The average Bonchev–Trinajstić information content (AvgIpc) is 3.08. The summed E-state index contributed by atoms with van der Waals surface area (Å²) in [4.78, 5) is 24.0. The molecule has 1 aliphatic heterocycles. The first kappa shape index (κ1) is 30.3. The fourth-order valence-corrected chi connectivity index (χ4v) is 3.70. The summed E-state index contributed by atoms with van der Waals surface area (Å²) in [6.45, 7) is 10.0. The van der Waals surface area contributed by atoms with Crippen molar-refractivity contribution in [3.05, 3.63) is 52.2 Å². The van der Waals surface area contributed by atoms with Crippen LogP contribution in [0.25, 0.3) is 0 Å². The predicted molar refractivity (Wildman–Crippen MR) is 140 cm³/mol. The quantitative estimate of drug-likeness (QED) is 0.280. The molecule has 6 N–H and O–H groups in total. The van der Waals surface area contributed by atoms with E-state index in [4.69, 9.17) is 36.8 Å². The van der Waals surface area contributed by atoms with E-state index in [0.29, 0.717) is 19.0 Å². The van der Waals surface area contributed by atoms with E-state index >= 15 is 0 Å². The van der Waals surface area contributed by atoms with Crippen molar-refractivity contribution in [2.45, 2.75) is 58.8 Å². The molecule has 0 unspecified atom stereocenters. The monoisotopic (exact) mass is 537 g/mol. The van der Waals surface area contributed by atoms with Crippen LogP contribution in [0, 0.1) is 5.41 Å². The summed E-state index contributed by atoms with van der Waals surface area (Å²) < 4.78 is 5.75. The Morgan fingerprint density at radius 2 is 1.73 bits per heavy atom. The number of halogens is 1. The number of carboxylic acids is 2. The van der Waals surface area contributed by atoms with Crippen molar-refractivity contribution < 1.29 is 34.8 Å². The largest absolute Gasteiger partial charge is 0.479 e. The van der Waals surface area contributed by atoms with Crippen LogP contribution in [0.5, 0.6) is 5.88 Å². The van der Waals surface area contributed by atoms with E-state index in [-0.39, 0.29) is 5.41 Å². The highest BCUT2D eigenvalue weighted by molar-refractivity contribution is 6.33. The molecule has 0 bridgehead atoms. The van der Waals surface area contributed by atoms with E-state index in [1.165, 1.54) is 11.1 Å². The number of carboxylic acid groups (broad SMARTS) is 2. The number of aliphatic carboxylic acids is 2. The number of anilines is 1. The van der Waals surface area contributed by atoms with Gasteiger partial charge in [0, 0.05) is 18.8 Å². The first-order valence-electron chi connectivity index (χ1n) is 12.0. The molecule has 204 valence electrons. The van der Waals surface area contributed by atoms with E-state index < -0.39 is 24.1 Å². The molecule has 2 heterocycles. The van der Waals surface area contributed by atoms with Crippen LogP contribution in [-0.4, -0.2) is 69.3 Å². The zero-order chi connectivity index (χ0) is 27.6. The Bertz CT molecular complexity index is 1020. The third-order valence-electron chi connectivity index (χ3n) is 5.66. The highest BCUT2D eigenvalue weighted by Crippen LogP contribution is 2.31. The minimum atomic E-state index is -2.27. The first-order valence-corrected chi connectivity index (χ1v) is 12.4. The number of hydrogen-bond donors (Lipinski definition) is 6. The number of rotatable bonds is 9. The van der Waals surface area contributed by atoms with Crippen LogP contribution in [0.1, 0.15) is 43.9 Å². The highest BCUT2D eigenvalue weighted by Gasteiger charge is 2.29. The average molecular weight is 538 g/mol. The maximum absolute atomic E-state index is 9.77. The molecular weight excluding hydrogens is 502 g/mol. The predicted octanol–water partition coefficient (Wildman–Crippen LogP) is 2.73. The Morgan fingerprint density at radius 1 is 1.08 bits per heavy atom. The van der Waals surface area contributed by atoms with Crippen molar-refractivity contribution in [1.29, 1.82) is 0 Å². The maximum Gasteiger partial charge on any atom is 0.335 e. The fraction of sp³-hybridized carbons (Fsp3) is 0.500. The summed E-state index contributed by atoms with van der Waals surface area (Å²) in [5, 5.41) is 40.3. The van der Waals surface area contributed by atoms with Crippen LogP contribution in [0.3, 0.4) is 0 Å². The van der Waals surface area contributed by atoms with Crippen molar-refractivity contribution in [2.24, 2.45) is 5.41 Å². The molecule has 1 aromatic carbocycles. The Hall–Kier alpha value is -2.92. The normalized spacial score (nSPS) is 14.8. The Balaban J connectivity index is 0.000000410. The molecule has 3 rings (SSSR count).